The number of hydrogen-bond acceptors (Lipinski definition) is 2. The molecule has 2 aliphatic heterocycles. The normalized spacial score (nSPS) is 34.9. The summed E-state index contributed by atoms with van der Waals surface area (Å²) in [5.41, 5.74) is 4.63. The minimum absolute atomic E-state index is 0.0343. The first-order valence-electron chi connectivity index (χ1n) is 12.0. The van der Waals surface area contributed by atoms with E-state index < -0.39 is 13.0 Å². The van der Waals surface area contributed by atoms with E-state index in [4.69, 9.17) is 4.11 Å². The first kappa shape index (κ1) is 14.1. The molecule has 2 nitrogen and oxygen atoms in total. The molecule has 1 saturated carbocycles. The van der Waals surface area contributed by atoms with E-state index in [2.05, 4.69) is 67.0 Å². The molecule has 2 aromatic rings. The molecule has 0 radical (unpaired) electrons. The minimum atomic E-state index is -2.11. The standard InChI is InChI=1S/C25H32N2/c1-17-11-5-9-15-22(17)26-18(2)24-25(4,20-12-6-7-13-20)21-14-8-10-16-23(21)27(24)19(26)3/h5,8-11,14-16,18-20,24H,6-7,12-13H2,1-4H3/t18-,19?,24?,25?/m0/s1/i3D3. The van der Waals surface area contributed by atoms with Crippen LogP contribution in [0.4, 0.5) is 11.4 Å². The summed E-state index contributed by atoms with van der Waals surface area (Å²) in [6.07, 6.45) is 4.40. The van der Waals surface area contributed by atoms with Crippen LogP contribution >= 0.6 is 0 Å². The molecule has 1 saturated heterocycles. The number of aryl methyl sites for hydroxylation is 1. The molecule has 0 bridgehead atoms. The Balaban J connectivity index is 1.73. The van der Waals surface area contributed by atoms with Crippen molar-refractivity contribution in [3.05, 3.63) is 59.7 Å². The zero-order valence-corrected chi connectivity index (χ0v) is 16.7. The molecule has 4 atom stereocenters. The van der Waals surface area contributed by atoms with Crippen LogP contribution in [-0.4, -0.2) is 18.2 Å². The molecule has 3 aliphatic rings. The number of fused-ring (bicyclic) bond motifs is 3. The summed E-state index contributed by atoms with van der Waals surface area (Å²) < 4.78 is 25.7. The molecule has 0 spiro atoms. The molecule has 0 amide bonds. The van der Waals surface area contributed by atoms with Gasteiger partial charge in [0, 0.05) is 26.9 Å². The summed E-state index contributed by atoms with van der Waals surface area (Å²) in [6, 6.07) is 17.1. The minimum Gasteiger partial charge on any atom is -0.346 e. The molecule has 27 heavy (non-hydrogen) atoms. The molecular weight excluding hydrogens is 328 g/mol. The predicted molar refractivity (Wildman–Crippen MR) is 115 cm³/mol. The van der Waals surface area contributed by atoms with E-state index in [1.807, 2.05) is 12.1 Å². The molecule has 2 heterocycles. The average molecular weight is 364 g/mol. The molecule has 5 rings (SSSR count). The Morgan fingerprint density at radius 1 is 0.963 bits per heavy atom. The summed E-state index contributed by atoms with van der Waals surface area (Å²) in [4.78, 5) is 4.48. The van der Waals surface area contributed by atoms with Crippen molar-refractivity contribution in [1.29, 1.82) is 0 Å². The lowest BCUT2D eigenvalue weighted by molar-refractivity contribution is 0.251. The molecule has 2 aromatic carbocycles. The van der Waals surface area contributed by atoms with Crippen LogP contribution in [0.1, 0.15) is 61.6 Å². The van der Waals surface area contributed by atoms with Gasteiger partial charge in [-0.3, -0.25) is 0 Å². The number of benzene rings is 2. The van der Waals surface area contributed by atoms with Gasteiger partial charge in [0.25, 0.3) is 0 Å². The highest BCUT2D eigenvalue weighted by molar-refractivity contribution is 5.71. The van der Waals surface area contributed by atoms with E-state index in [9.17, 15) is 0 Å². The maximum absolute atomic E-state index is 8.55. The van der Waals surface area contributed by atoms with Gasteiger partial charge in [-0.15, -0.1) is 0 Å². The Morgan fingerprint density at radius 3 is 2.33 bits per heavy atom. The lowest BCUT2D eigenvalue weighted by atomic mass is 9.66. The molecule has 2 heteroatoms. The summed E-state index contributed by atoms with van der Waals surface area (Å²) in [5, 5.41) is 0. The Bertz CT molecular complexity index is 949. The van der Waals surface area contributed by atoms with Crippen LogP contribution < -0.4 is 9.80 Å². The van der Waals surface area contributed by atoms with E-state index in [0.717, 1.165) is 16.9 Å². The topological polar surface area (TPSA) is 6.48 Å². The van der Waals surface area contributed by atoms with E-state index in [0.29, 0.717) is 5.92 Å². The van der Waals surface area contributed by atoms with E-state index in [-0.39, 0.29) is 17.5 Å². The largest absolute Gasteiger partial charge is 0.346 e. The smallest absolute Gasteiger partial charge is 0.0994 e. The van der Waals surface area contributed by atoms with Crippen LogP contribution in [0, 0.1) is 12.8 Å². The van der Waals surface area contributed by atoms with Crippen molar-refractivity contribution >= 4 is 11.4 Å². The Labute approximate surface area is 168 Å². The third-order valence-electron chi connectivity index (χ3n) is 7.70. The van der Waals surface area contributed by atoms with Crippen molar-refractivity contribution in [3.63, 3.8) is 0 Å². The van der Waals surface area contributed by atoms with Gasteiger partial charge in [-0.05, 0) is 62.7 Å². The zero-order valence-electron chi connectivity index (χ0n) is 19.7. The monoisotopic (exact) mass is 363 g/mol. The Hall–Kier alpha value is -1.96. The summed E-state index contributed by atoms with van der Waals surface area (Å²) >= 11 is 0. The number of para-hydroxylation sites is 2. The highest BCUT2D eigenvalue weighted by atomic mass is 15.5. The predicted octanol–water partition coefficient (Wildman–Crippen LogP) is 5.89. The number of rotatable bonds is 2. The van der Waals surface area contributed by atoms with Gasteiger partial charge in [0.15, 0.2) is 0 Å². The third kappa shape index (κ3) is 2.19. The number of hydrogen-bond donors (Lipinski definition) is 0. The fourth-order valence-corrected chi connectivity index (χ4v) is 6.47. The van der Waals surface area contributed by atoms with Crippen molar-refractivity contribution in [2.24, 2.45) is 5.92 Å². The van der Waals surface area contributed by atoms with Crippen molar-refractivity contribution in [1.82, 2.24) is 0 Å². The first-order valence-corrected chi connectivity index (χ1v) is 10.5. The van der Waals surface area contributed by atoms with Crippen LogP contribution in [0.3, 0.4) is 0 Å². The zero-order chi connectivity index (χ0) is 21.3. The van der Waals surface area contributed by atoms with E-state index >= 15 is 0 Å². The summed E-state index contributed by atoms with van der Waals surface area (Å²) in [6.45, 7) is 4.64. The van der Waals surface area contributed by atoms with E-state index in [1.165, 1.54) is 31.2 Å². The van der Waals surface area contributed by atoms with Crippen molar-refractivity contribution < 1.29 is 4.11 Å². The quantitative estimate of drug-likeness (QED) is 0.657. The lowest BCUT2D eigenvalue weighted by Crippen LogP contribution is -2.49. The van der Waals surface area contributed by atoms with Gasteiger partial charge < -0.3 is 9.80 Å². The molecule has 0 aromatic heterocycles. The van der Waals surface area contributed by atoms with Crippen LogP contribution in [0.15, 0.2) is 48.5 Å². The van der Waals surface area contributed by atoms with Gasteiger partial charge in [-0.1, -0.05) is 56.2 Å². The molecule has 3 unspecified atom stereocenters. The highest BCUT2D eigenvalue weighted by Gasteiger charge is 2.60. The second-order valence-electron chi connectivity index (χ2n) is 8.94. The fraction of sp³-hybridized carbons (Fsp3) is 0.520. The molecule has 142 valence electrons. The number of nitrogens with zero attached hydrogens (tertiary/aromatic N) is 2. The summed E-state index contributed by atoms with van der Waals surface area (Å²) in [5.74, 6) is 0.602. The van der Waals surface area contributed by atoms with Crippen molar-refractivity contribution in [2.45, 2.75) is 77.0 Å². The SMILES string of the molecule is [2H]C([2H])([2H])C1N2c3ccccc3C(C)(C3CCCC3)C2[C@H](C)N1c1ccccc1C. The lowest BCUT2D eigenvalue weighted by Gasteiger charge is -2.41. The Kier molecular flexibility index (Phi) is 3.14. The second kappa shape index (κ2) is 6.02. The van der Waals surface area contributed by atoms with E-state index in [1.54, 1.807) is 0 Å². The Morgan fingerprint density at radius 2 is 1.63 bits per heavy atom. The average Bonchev–Trinajstić information content (AvgIpc) is 3.39. The van der Waals surface area contributed by atoms with Crippen LogP contribution in [0.5, 0.6) is 0 Å². The summed E-state index contributed by atoms with van der Waals surface area (Å²) in [7, 11) is 0. The van der Waals surface area contributed by atoms with Gasteiger partial charge >= 0.3 is 0 Å². The molecule has 1 aliphatic carbocycles. The number of anilines is 2. The van der Waals surface area contributed by atoms with Crippen LogP contribution in [0.2, 0.25) is 0 Å². The third-order valence-corrected chi connectivity index (χ3v) is 7.70. The van der Waals surface area contributed by atoms with Crippen molar-refractivity contribution in [3.8, 4) is 0 Å². The first-order chi connectivity index (χ1) is 14.3. The van der Waals surface area contributed by atoms with Gasteiger partial charge in [-0.2, -0.15) is 0 Å². The molecule has 0 N–H and O–H groups in total. The van der Waals surface area contributed by atoms with Gasteiger partial charge in [0.2, 0.25) is 0 Å². The highest BCUT2D eigenvalue weighted by Crippen LogP contribution is 2.58. The molecule has 2 fully saturated rings. The maximum Gasteiger partial charge on any atom is 0.0994 e. The molecular formula is C25H32N2. The van der Waals surface area contributed by atoms with Crippen molar-refractivity contribution in [2.75, 3.05) is 9.80 Å². The maximum atomic E-state index is 8.55. The second-order valence-corrected chi connectivity index (χ2v) is 8.94. The van der Waals surface area contributed by atoms with Gasteiger partial charge in [0.1, 0.15) is 0 Å². The fourth-order valence-electron chi connectivity index (χ4n) is 6.47. The van der Waals surface area contributed by atoms with Crippen LogP contribution in [-0.2, 0) is 5.41 Å². The van der Waals surface area contributed by atoms with Gasteiger partial charge in [-0.25, -0.2) is 0 Å². The van der Waals surface area contributed by atoms with Crippen LogP contribution in [0.25, 0.3) is 0 Å². The van der Waals surface area contributed by atoms with Gasteiger partial charge in [0.05, 0.1) is 12.2 Å².